The second-order valence-electron chi connectivity index (χ2n) is 4.43. The lowest BCUT2D eigenvalue weighted by Gasteiger charge is -2.11. The quantitative estimate of drug-likeness (QED) is 0.884. The Morgan fingerprint density at radius 3 is 2.89 bits per heavy atom. The summed E-state index contributed by atoms with van der Waals surface area (Å²) in [5.74, 6) is 0. The van der Waals surface area contributed by atoms with Gasteiger partial charge in [0.2, 0.25) is 10.0 Å². The van der Waals surface area contributed by atoms with Gasteiger partial charge in [0.05, 0.1) is 16.6 Å². The molecule has 0 amide bonds. The topological polar surface area (TPSA) is 79.2 Å². The summed E-state index contributed by atoms with van der Waals surface area (Å²) in [5.41, 5.74) is 0.159. The zero-order valence-corrected chi connectivity index (χ0v) is 11.3. The zero-order valence-electron chi connectivity index (χ0n) is 10.5. The van der Waals surface area contributed by atoms with E-state index in [1.165, 1.54) is 12.1 Å². The van der Waals surface area contributed by atoms with Crippen LogP contribution < -0.4 is 4.72 Å². The average molecular weight is 280 g/mol. The molecule has 0 aromatic heterocycles. The summed E-state index contributed by atoms with van der Waals surface area (Å²) in [6, 6.07) is 8.07. The number of ether oxygens (including phenoxy) is 1. The summed E-state index contributed by atoms with van der Waals surface area (Å²) in [6.45, 7) is 1.08. The Morgan fingerprint density at radius 1 is 1.42 bits per heavy atom. The lowest BCUT2D eigenvalue weighted by Crippen LogP contribution is -2.27. The van der Waals surface area contributed by atoms with Gasteiger partial charge < -0.3 is 4.74 Å². The molecule has 1 fully saturated rings. The molecular formula is C13H16N2O3S. The first-order valence-electron chi connectivity index (χ1n) is 6.24. The summed E-state index contributed by atoms with van der Waals surface area (Å²) in [6.07, 6.45) is 2.83. The van der Waals surface area contributed by atoms with Crippen molar-refractivity contribution in [3.8, 4) is 6.07 Å². The highest BCUT2D eigenvalue weighted by molar-refractivity contribution is 7.89. The average Bonchev–Trinajstić information content (AvgIpc) is 2.91. The van der Waals surface area contributed by atoms with Crippen molar-refractivity contribution in [1.29, 1.82) is 5.26 Å². The summed E-state index contributed by atoms with van der Waals surface area (Å²) < 4.78 is 32.1. The van der Waals surface area contributed by atoms with Crippen molar-refractivity contribution in [3.05, 3.63) is 29.8 Å². The van der Waals surface area contributed by atoms with Crippen LogP contribution in [0.1, 0.15) is 24.8 Å². The third kappa shape index (κ3) is 3.53. The Balaban J connectivity index is 1.99. The van der Waals surface area contributed by atoms with Gasteiger partial charge in [-0.3, -0.25) is 0 Å². The third-order valence-corrected chi connectivity index (χ3v) is 4.60. The van der Waals surface area contributed by atoms with E-state index in [1.807, 2.05) is 6.07 Å². The van der Waals surface area contributed by atoms with Crippen molar-refractivity contribution in [1.82, 2.24) is 4.72 Å². The molecule has 1 aliphatic rings. The van der Waals surface area contributed by atoms with Crippen LogP contribution in [-0.4, -0.2) is 27.7 Å². The molecule has 1 heterocycles. The fraction of sp³-hybridized carbons (Fsp3) is 0.462. The molecule has 1 aromatic carbocycles. The number of nitrogens with one attached hydrogen (secondary N) is 1. The minimum absolute atomic E-state index is 0.0323. The van der Waals surface area contributed by atoms with Crippen LogP contribution in [0.5, 0.6) is 0 Å². The summed E-state index contributed by atoms with van der Waals surface area (Å²) >= 11 is 0. The van der Waals surface area contributed by atoms with E-state index in [0.29, 0.717) is 13.0 Å². The fourth-order valence-corrected chi connectivity index (χ4v) is 3.30. The number of nitriles is 1. The van der Waals surface area contributed by atoms with Gasteiger partial charge in [0, 0.05) is 13.2 Å². The molecule has 1 atom stereocenters. The molecule has 0 saturated carbocycles. The normalized spacial score (nSPS) is 19.2. The van der Waals surface area contributed by atoms with E-state index in [-0.39, 0.29) is 16.6 Å². The maximum Gasteiger partial charge on any atom is 0.241 e. The van der Waals surface area contributed by atoms with Crippen LogP contribution in [0.25, 0.3) is 0 Å². The predicted octanol–water partition coefficient (Wildman–Crippen LogP) is 1.41. The van der Waals surface area contributed by atoms with E-state index in [4.69, 9.17) is 10.00 Å². The smallest absolute Gasteiger partial charge is 0.241 e. The van der Waals surface area contributed by atoms with Crippen molar-refractivity contribution in [2.45, 2.75) is 30.3 Å². The highest BCUT2D eigenvalue weighted by atomic mass is 32.2. The fourth-order valence-electron chi connectivity index (χ4n) is 2.10. The van der Waals surface area contributed by atoms with Crippen LogP contribution in [0.15, 0.2) is 29.2 Å². The largest absolute Gasteiger partial charge is 0.378 e. The molecule has 1 N–H and O–H groups in total. The van der Waals surface area contributed by atoms with E-state index in [0.717, 1.165) is 19.4 Å². The first-order chi connectivity index (χ1) is 9.13. The molecule has 0 spiro atoms. The molecule has 6 heteroatoms. The Morgan fingerprint density at radius 2 is 2.21 bits per heavy atom. The molecule has 19 heavy (non-hydrogen) atoms. The van der Waals surface area contributed by atoms with Crippen LogP contribution in [0, 0.1) is 11.3 Å². The minimum atomic E-state index is -3.62. The molecule has 102 valence electrons. The predicted molar refractivity (Wildman–Crippen MR) is 69.9 cm³/mol. The van der Waals surface area contributed by atoms with Crippen LogP contribution in [0.4, 0.5) is 0 Å². The van der Waals surface area contributed by atoms with Crippen LogP contribution in [0.3, 0.4) is 0 Å². The van der Waals surface area contributed by atoms with E-state index < -0.39 is 10.0 Å². The second-order valence-corrected chi connectivity index (χ2v) is 6.16. The number of sulfonamides is 1. The van der Waals surface area contributed by atoms with Crippen LogP contribution >= 0.6 is 0 Å². The van der Waals surface area contributed by atoms with Gasteiger partial charge in [-0.1, -0.05) is 12.1 Å². The molecule has 0 bridgehead atoms. The Labute approximate surface area is 113 Å². The minimum Gasteiger partial charge on any atom is -0.378 e. The Kier molecular flexibility index (Phi) is 4.53. The van der Waals surface area contributed by atoms with Gasteiger partial charge >= 0.3 is 0 Å². The first-order valence-corrected chi connectivity index (χ1v) is 7.72. The van der Waals surface area contributed by atoms with Crippen molar-refractivity contribution in [3.63, 3.8) is 0 Å². The van der Waals surface area contributed by atoms with Crippen LogP contribution in [-0.2, 0) is 14.8 Å². The lowest BCUT2D eigenvalue weighted by atomic mass is 10.2. The van der Waals surface area contributed by atoms with E-state index in [9.17, 15) is 8.42 Å². The summed E-state index contributed by atoms with van der Waals surface area (Å²) in [7, 11) is -3.62. The maximum absolute atomic E-state index is 12.1. The molecule has 0 aliphatic carbocycles. The number of hydrogen-bond acceptors (Lipinski definition) is 4. The van der Waals surface area contributed by atoms with Gasteiger partial charge in [-0.05, 0) is 31.4 Å². The summed E-state index contributed by atoms with van der Waals surface area (Å²) in [5, 5.41) is 8.92. The van der Waals surface area contributed by atoms with E-state index in [2.05, 4.69) is 4.72 Å². The van der Waals surface area contributed by atoms with Gasteiger partial charge in [-0.15, -0.1) is 0 Å². The number of hydrogen-bond donors (Lipinski definition) is 1. The van der Waals surface area contributed by atoms with Gasteiger partial charge in [0.1, 0.15) is 6.07 Å². The Bertz CT molecular complexity index is 572. The number of benzene rings is 1. The highest BCUT2D eigenvalue weighted by Gasteiger charge is 2.20. The van der Waals surface area contributed by atoms with E-state index in [1.54, 1.807) is 12.1 Å². The van der Waals surface area contributed by atoms with Crippen LogP contribution in [0.2, 0.25) is 0 Å². The highest BCUT2D eigenvalue weighted by Crippen LogP contribution is 2.16. The molecule has 0 radical (unpaired) electrons. The number of rotatable bonds is 5. The maximum atomic E-state index is 12.1. The second kappa shape index (κ2) is 6.15. The molecule has 1 saturated heterocycles. The van der Waals surface area contributed by atoms with Crippen molar-refractivity contribution in [2.24, 2.45) is 0 Å². The molecule has 5 nitrogen and oxygen atoms in total. The first kappa shape index (κ1) is 14.0. The summed E-state index contributed by atoms with van der Waals surface area (Å²) in [4.78, 5) is 0.0323. The SMILES string of the molecule is N#Cc1ccccc1S(=O)(=O)NCCC1CCCO1. The molecular weight excluding hydrogens is 264 g/mol. The van der Waals surface area contributed by atoms with Crippen molar-refractivity contribution >= 4 is 10.0 Å². The molecule has 2 rings (SSSR count). The zero-order chi connectivity index (χ0) is 13.7. The monoisotopic (exact) mass is 280 g/mol. The lowest BCUT2D eigenvalue weighted by molar-refractivity contribution is 0.105. The Hall–Kier alpha value is -1.42. The molecule has 1 aliphatic heterocycles. The number of nitrogens with zero attached hydrogens (tertiary/aromatic N) is 1. The third-order valence-electron chi connectivity index (χ3n) is 3.08. The molecule has 1 aromatic rings. The van der Waals surface area contributed by atoms with Crippen molar-refractivity contribution < 1.29 is 13.2 Å². The standard InChI is InChI=1S/C13H16N2O3S/c14-10-11-4-1-2-6-13(11)19(16,17)15-8-7-12-5-3-9-18-12/h1-2,4,6,12,15H,3,5,7-9H2. The molecule has 1 unspecified atom stereocenters. The van der Waals surface area contributed by atoms with E-state index >= 15 is 0 Å². The van der Waals surface area contributed by atoms with Crippen molar-refractivity contribution in [2.75, 3.05) is 13.2 Å². The van der Waals surface area contributed by atoms with Gasteiger partial charge in [-0.2, -0.15) is 5.26 Å². The van der Waals surface area contributed by atoms with Gasteiger partial charge in [0.15, 0.2) is 0 Å². The van der Waals surface area contributed by atoms with Gasteiger partial charge in [-0.25, -0.2) is 13.1 Å². The van der Waals surface area contributed by atoms with Gasteiger partial charge in [0.25, 0.3) is 0 Å².